The van der Waals surface area contributed by atoms with Gasteiger partial charge in [-0.1, -0.05) is 12.1 Å². The first-order valence-electron chi connectivity index (χ1n) is 8.32. The van der Waals surface area contributed by atoms with Crippen LogP contribution in [0.4, 0.5) is 4.39 Å². The van der Waals surface area contributed by atoms with Gasteiger partial charge in [-0.2, -0.15) is 0 Å². The van der Waals surface area contributed by atoms with Gasteiger partial charge in [0.15, 0.2) is 5.96 Å². The van der Waals surface area contributed by atoms with Crippen molar-refractivity contribution in [1.82, 2.24) is 14.8 Å². The van der Waals surface area contributed by atoms with E-state index in [1.54, 1.807) is 19.2 Å². The smallest absolute Gasteiger partial charge is 0.193 e. The standard InChI is InChI=1S/C19H25FN4.HI/c1-21-18(24(3)13-17-5-4-12-23(17)2)22-14-19(10-11-19)15-6-8-16(20)9-7-15;/h4-9,12H,10-11,13-14H2,1-3H3,(H,21,22);1H. The number of hydrogen-bond acceptors (Lipinski definition) is 1. The Labute approximate surface area is 166 Å². The summed E-state index contributed by atoms with van der Waals surface area (Å²) in [6, 6.07) is 11.1. The summed E-state index contributed by atoms with van der Waals surface area (Å²) in [5.74, 6) is 0.699. The molecule has 1 aromatic carbocycles. The highest BCUT2D eigenvalue weighted by Crippen LogP contribution is 2.47. The SMILES string of the molecule is CN=C(NCC1(c2ccc(F)cc2)CC1)N(C)Cc1cccn1C.I. The summed E-state index contributed by atoms with van der Waals surface area (Å²) in [5, 5.41) is 3.49. The first-order chi connectivity index (χ1) is 11.5. The number of nitrogens with zero attached hydrogens (tertiary/aromatic N) is 3. The van der Waals surface area contributed by atoms with Gasteiger partial charge in [0.1, 0.15) is 5.82 Å². The molecule has 0 atom stereocenters. The van der Waals surface area contributed by atoms with Gasteiger partial charge in [-0.15, -0.1) is 24.0 Å². The Morgan fingerprint density at radius 1 is 1.28 bits per heavy atom. The van der Waals surface area contributed by atoms with Gasteiger partial charge in [-0.3, -0.25) is 4.99 Å². The average Bonchev–Trinajstić information content (AvgIpc) is 3.26. The molecule has 1 heterocycles. The molecule has 0 radical (unpaired) electrons. The van der Waals surface area contributed by atoms with Crippen LogP contribution >= 0.6 is 24.0 Å². The van der Waals surface area contributed by atoms with Gasteiger partial charge in [0.05, 0.1) is 6.54 Å². The van der Waals surface area contributed by atoms with Crippen molar-refractivity contribution in [3.8, 4) is 0 Å². The van der Waals surface area contributed by atoms with Crippen LogP contribution in [0.1, 0.15) is 24.1 Å². The molecule has 0 saturated heterocycles. The highest BCUT2D eigenvalue weighted by molar-refractivity contribution is 14.0. The van der Waals surface area contributed by atoms with Crippen LogP contribution in [-0.2, 0) is 19.0 Å². The Morgan fingerprint density at radius 2 is 1.96 bits per heavy atom. The normalized spacial score (nSPS) is 15.4. The first kappa shape index (κ1) is 19.8. The zero-order valence-electron chi connectivity index (χ0n) is 15.0. The number of halogens is 2. The number of aliphatic imine (C=N–C) groups is 1. The number of nitrogens with one attached hydrogen (secondary N) is 1. The zero-order chi connectivity index (χ0) is 17.2. The molecular formula is C19H26FIN4. The largest absolute Gasteiger partial charge is 0.355 e. The van der Waals surface area contributed by atoms with Gasteiger partial charge >= 0.3 is 0 Å². The van der Waals surface area contributed by atoms with Gasteiger partial charge in [0, 0.05) is 45.0 Å². The minimum atomic E-state index is -0.180. The van der Waals surface area contributed by atoms with Gasteiger partial charge in [0.2, 0.25) is 0 Å². The molecule has 4 nitrogen and oxygen atoms in total. The van der Waals surface area contributed by atoms with Gasteiger partial charge in [-0.25, -0.2) is 4.39 Å². The van der Waals surface area contributed by atoms with E-state index in [9.17, 15) is 4.39 Å². The van der Waals surface area contributed by atoms with Crippen molar-refractivity contribution in [2.24, 2.45) is 12.0 Å². The van der Waals surface area contributed by atoms with Gasteiger partial charge in [0.25, 0.3) is 0 Å². The van der Waals surface area contributed by atoms with Crippen LogP contribution in [0.3, 0.4) is 0 Å². The minimum Gasteiger partial charge on any atom is -0.355 e. The third-order valence-electron chi connectivity index (χ3n) is 4.92. The second-order valence-corrected chi connectivity index (χ2v) is 6.65. The van der Waals surface area contributed by atoms with E-state index in [1.807, 2.05) is 38.5 Å². The second kappa shape index (κ2) is 8.21. The lowest BCUT2D eigenvalue weighted by Crippen LogP contribution is -2.42. The molecule has 6 heteroatoms. The van der Waals surface area contributed by atoms with Crippen molar-refractivity contribution in [3.05, 3.63) is 59.7 Å². The van der Waals surface area contributed by atoms with E-state index in [2.05, 4.69) is 25.8 Å². The Bertz CT molecular complexity index is 719. The van der Waals surface area contributed by atoms with Crippen molar-refractivity contribution in [2.45, 2.75) is 24.8 Å². The molecule has 2 aromatic rings. The molecule has 1 N–H and O–H groups in total. The maximum absolute atomic E-state index is 13.1. The fourth-order valence-electron chi connectivity index (χ4n) is 3.13. The van der Waals surface area contributed by atoms with E-state index >= 15 is 0 Å². The summed E-state index contributed by atoms with van der Waals surface area (Å²) in [6.07, 6.45) is 4.31. The highest BCUT2D eigenvalue weighted by atomic mass is 127. The van der Waals surface area contributed by atoms with E-state index in [4.69, 9.17) is 0 Å². The Morgan fingerprint density at radius 3 is 2.48 bits per heavy atom. The summed E-state index contributed by atoms with van der Waals surface area (Å²) < 4.78 is 15.3. The van der Waals surface area contributed by atoms with Crippen molar-refractivity contribution >= 4 is 29.9 Å². The summed E-state index contributed by atoms with van der Waals surface area (Å²) >= 11 is 0. The van der Waals surface area contributed by atoms with Crippen LogP contribution in [-0.4, -0.2) is 36.1 Å². The lowest BCUT2D eigenvalue weighted by Gasteiger charge is -2.25. The van der Waals surface area contributed by atoms with Crippen molar-refractivity contribution < 1.29 is 4.39 Å². The van der Waals surface area contributed by atoms with Crippen LogP contribution < -0.4 is 5.32 Å². The van der Waals surface area contributed by atoms with E-state index in [0.29, 0.717) is 0 Å². The second-order valence-electron chi connectivity index (χ2n) is 6.65. The van der Waals surface area contributed by atoms with E-state index in [1.165, 1.54) is 11.3 Å². The molecule has 3 rings (SSSR count). The Hall–Kier alpha value is -1.57. The van der Waals surface area contributed by atoms with Crippen molar-refractivity contribution in [2.75, 3.05) is 20.6 Å². The molecule has 0 amide bonds. The lowest BCUT2D eigenvalue weighted by molar-refractivity contribution is 0.456. The Kier molecular flexibility index (Phi) is 6.48. The third kappa shape index (κ3) is 4.54. The highest BCUT2D eigenvalue weighted by Gasteiger charge is 2.44. The number of guanidine groups is 1. The summed E-state index contributed by atoms with van der Waals surface area (Å²) in [7, 11) is 5.90. The fourth-order valence-corrected chi connectivity index (χ4v) is 3.13. The van der Waals surface area contributed by atoms with Crippen LogP contribution in [0.5, 0.6) is 0 Å². The number of rotatable bonds is 5. The monoisotopic (exact) mass is 456 g/mol. The van der Waals surface area contributed by atoms with E-state index in [-0.39, 0.29) is 35.2 Å². The summed E-state index contributed by atoms with van der Waals surface area (Å²) in [6.45, 7) is 1.62. The van der Waals surface area contributed by atoms with Crippen LogP contribution in [0.2, 0.25) is 0 Å². The van der Waals surface area contributed by atoms with E-state index in [0.717, 1.165) is 31.9 Å². The van der Waals surface area contributed by atoms with Crippen LogP contribution in [0.25, 0.3) is 0 Å². The molecule has 25 heavy (non-hydrogen) atoms. The molecule has 1 aliphatic carbocycles. The molecule has 1 aromatic heterocycles. The minimum absolute atomic E-state index is 0. The Balaban J connectivity index is 0.00000225. The van der Waals surface area contributed by atoms with Gasteiger partial charge < -0.3 is 14.8 Å². The van der Waals surface area contributed by atoms with Crippen molar-refractivity contribution in [3.63, 3.8) is 0 Å². The quantitative estimate of drug-likeness (QED) is 0.425. The molecule has 0 bridgehead atoms. The molecule has 136 valence electrons. The molecule has 0 spiro atoms. The fraction of sp³-hybridized carbons (Fsp3) is 0.421. The number of benzene rings is 1. The molecule has 0 unspecified atom stereocenters. The number of aryl methyl sites for hydroxylation is 1. The number of hydrogen-bond donors (Lipinski definition) is 1. The maximum atomic E-state index is 13.1. The van der Waals surface area contributed by atoms with Crippen LogP contribution in [0, 0.1) is 5.82 Å². The average molecular weight is 456 g/mol. The van der Waals surface area contributed by atoms with E-state index < -0.39 is 0 Å². The maximum Gasteiger partial charge on any atom is 0.193 e. The molecule has 1 aliphatic rings. The molecule has 0 aliphatic heterocycles. The molecule has 1 fully saturated rings. The van der Waals surface area contributed by atoms with Crippen LogP contribution in [0.15, 0.2) is 47.6 Å². The first-order valence-corrected chi connectivity index (χ1v) is 8.32. The summed E-state index contributed by atoms with van der Waals surface area (Å²) in [5.41, 5.74) is 2.56. The topological polar surface area (TPSA) is 32.6 Å². The van der Waals surface area contributed by atoms with Crippen molar-refractivity contribution in [1.29, 1.82) is 0 Å². The van der Waals surface area contributed by atoms with Gasteiger partial charge in [-0.05, 0) is 42.7 Å². The molecule has 1 saturated carbocycles. The number of aromatic nitrogens is 1. The molecular weight excluding hydrogens is 430 g/mol. The predicted octanol–water partition coefficient (Wildman–Crippen LogP) is 3.52. The predicted molar refractivity (Wildman–Crippen MR) is 111 cm³/mol. The summed E-state index contributed by atoms with van der Waals surface area (Å²) in [4.78, 5) is 6.52. The zero-order valence-corrected chi connectivity index (χ0v) is 17.3. The lowest BCUT2D eigenvalue weighted by atomic mass is 9.96. The third-order valence-corrected chi connectivity index (χ3v) is 4.92.